The van der Waals surface area contributed by atoms with Crippen molar-refractivity contribution in [1.82, 2.24) is 9.97 Å². The molecule has 4 rings (SSSR count). The fourth-order valence-corrected chi connectivity index (χ4v) is 3.97. The van der Waals surface area contributed by atoms with E-state index in [1.807, 2.05) is 6.92 Å². The predicted octanol–water partition coefficient (Wildman–Crippen LogP) is 3.34. The zero-order valence-electron chi connectivity index (χ0n) is 17.3. The Labute approximate surface area is 181 Å². The standard InChI is InChI=1S/C21H23F3N6O2/c1-2-11-5-16-18(28-7-11)17(19(26)32-16)20(31)29-14-8-27-4-3-15(14)30-9-12(21(22,23)24)6-13(25)10-30/h3-5,7-8,12-13H,2,6,9-10,25-26H2,1H3,(H,29,31)/t12-,13+/m0/s1. The van der Waals surface area contributed by atoms with E-state index >= 15 is 0 Å². The molecule has 1 aliphatic rings. The highest BCUT2D eigenvalue weighted by molar-refractivity contribution is 6.15. The van der Waals surface area contributed by atoms with Crippen molar-refractivity contribution in [2.24, 2.45) is 11.7 Å². The second kappa shape index (κ2) is 8.30. The SMILES string of the molecule is CCc1cnc2c(C(=O)Nc3cnccc3N3C[C@H](N)C[C@H](C(F)(F)F)C3)c(N)oc2c1. The summed E-state index contributed by atoms with van der Waals surface area (Å²) in [5.41, 5.74) is 14.1. The molecule has 0 spiro atoms. The van der Waals surface area contributed by atoms with Crippen LogP contribution in [0.3, 0.4) is 0 Å². The lowest BCUT2D eigenvalue weighted by Crippen LogP contribution is -2.51. The lowest BCUT2D eigenvalue weighted by Gasteiger charge is -2.39. The molecule has 0 aliphatic carbocycles. The van der Waals surface area contributed by atoms with Crippen molar-refractivity contribution in [3.63, 3.8) is 0 Å². The minimum absolute atomic E-state index is 0.0565. The van der Waals surface area contributed by atoms with E-state index in [9.17, 15) is 18.0 Å². The average molecular weight is 448 g/mol. The van der Waals surface area contributed by atoms with Crippen molar-refractivity contribution in [2.75, 3.05) is 29.0 Å². The number of alkyl halides is 3. The molecule has 1 amide bonds. The Bertz CT molecular complexity index is 1150. The van der Waals surface area contributed by atoms with Gasteiger partial charge in [0, 0.05) is 31.5 Å². The summed E-state index contributed by atoms with van der Waals surface area (Å²) in [7, 11) is 0. The van der Waals surface area contributed by atoms with Gasteiger partial charge in [0.05, 0.1) is 23.5 Å². The number of carbonyl (C=O) groups excluding carboxylic acids is 1. The zero-order chi connectivity index (χ0) is 23.0. The third kappa shape index (κ3) is 4.20. The van der Waals surface area contributed by atoms with E-state index in [0.29, 0.717) is 16.8 Å². The number of anilines is 3. The van der Waals surface area contributed by atoms with Crippen LogP contribution in [-0.4, -0.2) is 41.2 Å². The number of aromatic nitrogens is 2. The van der Waals surface area contributed by atoms with Crippen molar-refractivity contribution in [1.29, 1.82) is 0 Å². The van der Waals surface area contributed by atoms with E-state index in [1.165, 1.54) is 17.3 Å². The molecule has 11 heteroatoms. The molecule has 0 bridgehead atoms. The summed E-state index contributed by atoms with van der Waals surface area (Å²) in [6.07, 6.45) is 0.687. The molecule has 0 unspecified atom stereocenters. The van der Waals surface area contributed by atoms with Gasteiger partial charge in [0.1, 0.15) is 11.1 Å². The van der Waals surface area contributed by atoms with E-state index in [1.54, 1.807) is 18.3 Å². The number of furan rings is 1. The van der Waals surface area contributed by atoms with Crippen molar-refractivity contribution >= 4 is 34.3 Å². The maximum atomic E-state index is 13.4. The van der Waals surface area contributed by atoms with Crippen LogP contribution in [0.4, 0.5) is 30.4 Å². The van der Waals surface area contributed by atoms with Crippen molar-refractivity contribution in [3.05, 3.63) is 41.9 Å². The molecule has 0 radical (unpaired) electrons. The largest absolute Gasteiger partial charge is 0.438 e. The molecule has 4 heterocycles. The van der Waals surface area contributed by atoms with Crippen LogP contribution in [0.2, 0.25) is 0 Å². The Morgan fingerprint density at radius 1 is 1.34 bits per heavy atom. The van der Waals surface area contributed by atoms with Gasteiger partial charge in [-0.15, -0.1) is 0 Å². The van der Waals surface area contributed by atoms with Crippen LogP contribution in [0.25, 0.3) is 11.1 Å². The number of pyridine rings is 2. The Morgan fingerprint density at radius 2 is 2.12 bits per heavy atom. The third-order valence-electron chi connectivity index (χ3n) is 5.58. The number of amides is 1. The molecule has 1 aliphatic heterocycles. The molecule has 2 atom stereocenters. The van der Waals surface area contributed by atoms with Crippen LogP contribution in [0, 0.1) is 5.92 Å². The second-order valence-electron chi connectivity index (χ2n) is 7.87. The van der Waals surface area contributed by atoms with E-state index in [0.717, 1.165) is 12.0 Å². The monoisotopic (exact) mass is 448 g/mol. The third-order valence-corrected chi connectivity index (χ3v) is 5.58. The first-order valence-corrected chi connectivity index (χ1v) is 10.2. The van der Waals surface area contributed by atoms with Gasteiger partial charge in [-0.25, -0.2) is 0 Å². The Balaban J connectivity index is 1.63. The summed E-state index contributed by atoms with van der Waals surface area (Å²) in [4.78, 5) is 22.9. The molecule has 5 N–H and O–H groups in total. The van der Waals surface area contributed by atoms with Gasteiger partial charge in [0.15, 0.2) is 5.58 Å². The summed E-state index contributed by atoms with van der Waals surface area (Å²) in [5.74, 6) is -2.25. The predicted molar refractivity (Wildman–Crippen MR) is 114 cm³/mol. The summed E-state index contributed by atoms with van der Waals surface area (Å²) in [6.45, 7) is 1.92. The minimum atomic E-state index is -4.36. The van der Waals surface area contributed by atoms with Crippen LogP contribution >= 0.6 is 0 Å². The smallest absolute Gasteiger partial charge is 0.393 e. The van der Waals surface area contributed by atoms with Gasteiger partial charge < -0.3 is 26.1 Å². The fourth-order valence-electron chi connectivity index (χ4n) is 3.97. The number of piperidine rings is 1. The molecule has 32 heavy (non-hydrogen) atoms. The van der Waals surface area contributed by atoms with Gasteiger partial charge in [0.2, 0.25) is 5.88 Å². The number of nitrogens with two attached hydrogens (primary N) is 2. The number of carbonyl (C=O) groups is 1. The number of halogens is 3. The fraction of sp³-hybridized carbons (Fsp3) is 0.381. The van der Waals surface area contributed by atoms with E-state index in [4.69, 9.17) is 15.9 Å². The number of aryl methyl sites for hydroxylation is 1. The number of hydrogen-bond donors (Lipinski definition) is 3. The molecule has 0 saturated carbocycles. The molecule has 8 nitrogen and oxygen atoms in total. The Hall–Kier alpha value is -3.34. The molecule has 3 aromatic rings. The number of nitrogens with zero attached hydrogens (tertiary/aromatic N) is 3. The topological polar surface area (TPSA) is 123 Å². The molecule has 1 fully saturated rings. The minimum Gasteiger partial charge on any atom is -0.438 e. The number of hydrogen-bond acceptors (Lipinski definition) is 7. The van der Waals surface area contributed by atoms with Gasteiger partial charge >= 0.3 is 6.18 Å². The number of nitrogens with one attached hydrogen (secondary N) is 1. The van der Waals surface area contributed by atoms with E-state index < -0.39 is 24.0 Å². The van der Waals surface area contributed by atoms with Crippen molar-refractivity contribution in [3.8, 4) is 0 Å². The normalized spacial score (nSPS) is 19.3. The maximum absolute atomic E-state index is 13.4. The van der Waals surface area contributed by atoms with Gasteiger partial charge in [0.25, 0.3) is 5.91 Å². The molecular formula is C21H23F3N6O2. The lowest BCUT2D eigenvalue weighted by atomic mass is 9.93. The Kier molecular flexibility index (Phi) is 5.68. The van der Waals surface area contributed by atoms with Gasteiger partial charge in [-0.3, -0.25) is 14.8 Å². The number of nitrogen functional groups attached to an aromatic ring is 1. The highest BCUT2D eigenvalue weighted by Crippen LogP contribution is 2.37. The maximum Gasteiger partial charge on any atom is 0.393 e. The molecular weight excluding hydrogens is 425 g/mol. The summed E-state index contributed by atoms with van der Waals surface area (Å²) < 4.78 is 45.6. The highest BCUT2D eigenvalue weighted by atomic mass is 19.4. The van der Waals surface area contributed by atoms with E-state index in [2.05, 4.69) is 15.3 Å². The molecule has 170 valence electrons. The summed E-state index contributed by atoms with van der Waals surface area (Å²) in [6, 6.07) is 2.65. The van der Waals surface area contributed by atoms with Gasteiger partial charge in [-0.2, -0.15) is 13.2 Å². The van der Waals surface area contributed by atoms with Crippen LogP contribution in [0.5, 0.6) is 0 Å². The number of fused-ring (bicyclic) bond motifs is 1. The molecule has 3 aromatic heterocycles. The second-order valence-corrected chi connectivity index (χ2v) is 7.87. The first-order valence-electron chi connectivity index (χ1n) is 10.2. The first-order chi connectivity index (χ1) is 15.2. The van der Waals surface area contributed by atoms with Crippen LogP contribution in [-0.2, 0) is 6.42 Å². The number of rotatable bonds is 4. The average Bonchev–Trinajstić information content (AvgIpc) is 3.07. The van der Waals surface area contributed by atoms with Gasteiger partial charge in [-0.05, 0) is 30.5 Å². The summed E-state index contributed by atoms with van der Waals surface area (Å²) >= 11 is 0. The molecule has 0 aromatic carbocycles. The Morgan fingerprint density at radius 3 is 2.84 bits per heavy atom. The van der Waals surface area contributed by atoms with Crippen molar-refractivity contribution in [2.45, 2.75) is 32.0 Å². The quantitative estimate of drug-likeness (QED) is 0.559. The highest BCUT2D eigenvalue weighted by Gasteiger charge is 2.44. The molecule has 1 saturated heterocycles. The zero-order valence-corrected chi connectivity index (χ0v) is 17.3. The van der Waals surface area contributed by atoms with Crippen molar-refractivity contribution < 1.29 is 22.4 Å². The van der Waals surface area contributed by atoms with Gasteiger partial charge in [-0.1, -0.05) is 6.92 Å². The summed E-state index contributed by atoms with van der Waals surface area (Å²) in [5, 5.41) is 2.70. The van der Waals surface area contributed by atoms with Crippen LogP contribution in [0.1, 0.15) is 29.3 Å². The van der Waals surface area contributed by atoms with Crippen LogP contribution < -0.4 is 21.7 Å². The van der Waals surface area contributed by atoms with E-state index in [-0.39, 0.29) is 36.6 Å². The lowest BCUT2D eigenvalue weighted by molar-refractivity contribution is -0.177. The van der Waals surface area contributed by atoms with Crippen LogP contribution in [0.15, 0.2) is 35.1 Å². The first kappa shape index (κ1) is 21.9.